The van der Waals surface area contributed by atoms with Gasteiger partial charge in [0.2, 0.25) is 0 Å². The lowest BCUT2D eigenvalue weighted by atomic mass is 10.3. The van der Waals surface area contributed by atoms with E-state index in [1.807, 2.05) is 0 Å². The van der Waals surface area contributed by atoms with Crippen LogP contribution in [0.4, 0.5) is 10.1 Å². The molecule has 0 radical (unpaired) electrons. The minimum Gasteiger partial charge on any atom is -0.344 e. The molecule has 0 atom stereocenters. The molecular formula is C11H11FN2O2. The summed E-state index contributed by atoms with van der Waals surface area (Å²) in [5.41, 5.74) is 0.361. The molecule has 0 spiro atoms. The molecule has 0 aliphatic heterocycles. The zero-order valence-corrected chi connectivity index (χ0v) is 8.50. The Morgan fingerprint density at radius 3 is 2.44 bits per heavy atom. The highest BCUT2D eigenvalue weighted by atomic mass is 19.1. The summed E-state index contributed by atoms with van der Waals surface area (Å²) in [5, 5.41) is 4.65. The summed E-state index contributed by atoms with van der Waals surface area (Å²) in [7, 11) is 0. The SMILES string of the molecule is C=CCNC(=O)C(=O)Nc1ccc(F)cc1. The summed E-state index contributed by atoms with van der Waals surface area (Å²) in [6.07, 6.45) is 1.46. The topological polar surface area (TPSA) is 58.2 Å². The fraction of sp³-hybridized carbons (Fsp3) is 0.0909. The normalized spacial score (nSPS) is 9.31. The fourth-order valence-electron chi connectivity index (χ4n) is 0.966. The number of hydrogen-bond acceptors (Lipinski definition) is 2. The van der Waals surface area contributed by atoms with Gasteiger partial charge in [-0.15, -0.1) is 6.58 Å². The molecule has 16 heavy (non-hydrogen) atoms. The van der Waals surface area contributed by atoms with Crippen molar-refractivity contribution in [1.29, 1.82) is 0 Å². The zero-order valence-electron chi connectivity index (χ0n) is 8.50. The van der Waals surface area contributed by atoms with Gasteiger partial charge in [0.25, 0.3) is 0 Å². The number of carbonyl (C=O) groups is 2. The molecule has 0 fully saturated rings. The van der Waals surface area contributed by atoms with Crippen LogP contribution in [0, 0.1) is 5.82 Å². The van der Waals surface area contributed by atoms with Gasteiger partial charge in [-0.2, -0.15) is 0 Å². The smallest absolute Gasteiger partial charge is 0.313 e. The van der Waals surface area contributed by atoms with Crippen molar-refractivity contribution in [3.8, 4) is 0 Å². The monoisotopic (exact) mass is 222 g/mol. The molecule has 0 heterocycles. The van der Waals surface area contributed by atoms with E-state index in [9.17, 15) is 14.0 Å². The van der Waals surface area contributed by atoms with Crippen molar-refractivity contribution >= 4 is 17.5 Å². The third-order valence-electron chi connectivity index (χ3n) is 1.72. The number of rotatable bonds is 3. The van der Waals surface area contributed by atoms with Gasteiger partial charge >= 0.3 is 11.8 Å². The molecule has 1 rings (SSSR count). The molecule has 1 aromatic carbocycles. The number of halogens is 1. The van der Waals surface area contributed by atoms with Crippen LogP contribution in [0.25, 0.3) is 0 Å². The molecular weight excluding hydrogens is 211 g/mol. The van der Waals surface area contributed by atoms with Gasteiger partial charge in [-0.25, -0.2) is 4.39 Å². The maximum absolute atomic E-state index is 12.5. The average molecular weight is 222 g/mol. The van der Waals surface area contributed by atoms with E-state index < -0.39 is 17.6 Å². The summed E-state index contributed by atoms with van der Waals surface area (Å²) in [5.74, 6) is -1.97. The number of anilines is 1. The summed E-state index contributed by atoms with van der Waals surface area (Å²) in [6.45, 7) is 3.62. The number of amides is 2. The predicted octanol–water partition coefficient (Wildman–Crippen LogP) is 1.07. The van der Waals surface area contributed by atoms with Crippen LogP contribution in [-0.2, 0) is 9.59 Å². The Morgan fingerprint density at radius 2 is 1.88 bits per heavy atom. The van der Waals surface area contributed by atoms with Crippen molar-refractivity contribution in [2.75, 3.05) is 11.9 Å². The fourth-order valence-corrected chi connectivity index (χ4v) is 0.966. The summed E-state index contributed by atoms with van der Waals surface area (Å²) >= 11 is 0. The van der Waals surface area contributed by atoms with E-state index >= 15 is 0 Å². The predicted molar refractivity (Wildman–Crippen MR) is 58.2 cm³/mol. The number of benzene rings is 1. The van der Waals surface area contributed by atoms with Gasteiger partial charge in [0.05, 0.1) is 0 Å². The Balaban J connectivity index is 2.54. The van der Waals surface area contributed by atoms with Gasteiger partial charge in [-0.3, -0.25) is 9.59 Å². The average Bonchev–Trinajstić information content (AvgIpc) is 2.29. The van der Waals surface area contributed by atoms with Crippen LogP contribution in [0.3, 0.4) is 0 Å². The third-order valence-corrected chi connectivity index (χ3v) is 1.72. The van der Waals surface area contributed by atoms with Crippen molar-refractivity contribution in [2.24, 2.45) is 0 Å². The lowest BCUT2D eigenvalue weighted by Crippen LogP contribution is -2.35. The maximum atomic E-state index is 12.5. The molecule has 5 heteroatoms. The van der Waals surface area contributed by atoms with Crippen molar-refractivity contribution < 1.29 is 14.0 Å². The zero-order chi connectivity index (χ0) is 12.0. The van der Waals surface area contributed by atoms with E-state index in [0.29, 0.717) is 5.69 Å². The van der Waals surface area contributed by atoms with Crippen molar-refractivity contribution in [3.63, 3.8) is 0 Å². The molecule has 0 aliphatic rings. The van der Waals surface area contributed by atoms with E-state index in [1.165, 1.54) is 30.3 Å². The quantitative estimate of drug-likeness (QED) is 0.593. The minimum atomic E-state index is -0.798. The minimum absolute atomic E-state index is 0.218. The van der Waals surface area contributed by atoms with Crippen LogP contribution in [0.2, 0.25) is 0 Å². The maximum Gasteiger partial charge on any atom is 0.313 e. The van der Waals surface area contributed by atoms with E-state index in [-0.39, 0.29) is 6.54 Å². The molecule has 4 nitrogen and oxygen atoms in total. The van der Waals surface area contributed by atoms with Crippen LogP contribution in [0.15, 0.2) is 36.9 Å². The Labute approximate surface area is 92.2 Å². The van der Waals surface area contributed by atoms with Crippen molar-refractivity contribution in [2.45, 2.75) is 0 Å². The van der Waals surface area contributed by atoms with Crippen LogP contribution >= 0.6 is 0 Å². The molecule has 0 unspecified atom stereocenters. The van der Waals surface area contributed by atoms with Gasteiger partial charge in [-0.1, -0.05) is 6.08 Å². The summed E-state index contributed by atoms with van der Waals surface area (Å²) in [4.78, 5) is 22.4. The number of carbonyl (C=O) groups excluding carboxylic acids is 2. The molecule has 0 aliphatic carbocycles. The first-order valence-corrected chi connectivity index (χ1v) is 4.59. The molecule has 0 bridgehead atoms. The van der Waals surface area contributed by atoms with Crippen LogP contribution in [-0.4, -0.2) is 18.4 Å². The van der Waals surface area contributed by atoms with E-state index in [4.69, 9.17) is 0 Å². The highest BCUT2D eigenvalue weighted by Gasteiger charge is 2.11. The van der Waals surface area contributed by atoms with E-state index in [1.54, 1.807) is 0 Å². The van der Waals surface area contributed by atoms with Gasteiger partial charge in [0.1, 0.15) is 5.82 Å². The summed E-state index contributed by atoms with van der Waals surface area (Å²) in [6, 6.07) is 5.12. The second-order valence-electron chi connectivity index (χ2n) is 2.96. The molecule has 84 valence electrons. The van der Waals surface area contributed by atoms with Crippen molar-refractivity contribution in [1.82, 2.24) is 5.32 Å². The third kappa shape index (κ3) is 3.53. The molecule has 1 aromatic rings. The highest BCUT2D eigenvalue weighted by Crippen LogP contribution is 2.07. The Hall–Kier alpha value is -2.17. The molecule has 0 saturated carbocycles. The first-order valence-electron chi connectivity index (χ1n) is 4.59. The Morgan fingerprint density at radius 1 is 1.25 bits per heavy atom. The van der Waals surface area contributed by atoms with Crippen LogP contribution in [0.1, 0.15) is 0 Å². The van der Waals surface area contributed by atoms with Crippen LogP contribution < -0.4 is 10.6 Å². The van der Waals surface area contributed by atoms with Gasteiger partial charge in [-0.05, 0) is 24.3 Å². The van der Waals surface area contributed by atoms with Crippen molar-refractivity contribution in [3.05, 3.63) is 42.7 Å². The van der Waals surface area contributed by atoms with E-state index in [0.717, 1.165) is 0 Å². The lowest BCUT2D eigenvalue weighted by molar-refractivity contribution is -0.136. The number of hydrogen-bond donors (Lipinski definition) is 2. The second kappa shape index (κ2) is 5.65. The standard InChI is InChI=1S/C11H11FN2O2/c1-2-7-13-10(15)11(16)14-9-5-3-8(12)4-6-9/h2-6H,1,7H2,(H,13,15)(H,14,16). The first kappa shape index (κ1) is 11.9. The highest BCUT2D eigenvalue weighted by molar-refractivity contribution is 6.39. The summed E-state index contributed by atoms with van der Waals surface area (Å²) < 4.78 is 12.5. The molecule has 0 aromatic heterocycles. The van der Waals surface area contributed by atoms with Gasteiger partial charge in [0.15, 0.2) is 0 Å². The second-order valence-corrected chi connectivity index (χ2v) is 2.96. The molecule has 2 N–H and O–H groups in total. The first-order chi connectivity index (χ1) is 7.63. The Bertz CT molecular complexity index is 401. The lowest BCUT2D eigenvalue weighted by Gasteiger charge is -2.04. The largest absolute Gasteiger partial charge is 0.344 e. The van der Waals surface area contributed by atoms with Gasteiger partial charge in [0, 0.05) is 12.2 Å². The molecule has 0 saturated heterocycles. The van der Waals surface area contributed by atoms with E-state index in [2.05, 4.69) is 17.2 Å². The Kier molecular flexibility index (Phi) is 4.20. The number of nitrogens with one attached hydrogen (secondary N) is 2. The molecule has 2 amide bonds. The van der Waals surface area contributed by atoms with Crippen LogP contribution in [0.5, 0.6) is 0 Å². The van der Waals surface area contributed by atoms with Gasteiger partial charge < -0.3 is 10.6 Å².